The molecule has 0 aromatic heterocycles. The van der Waals surface area contributed by atoms with Gasteiger partial charge in [0.05, 0.1) is 0 Å². The zero-order valence-corrected chi connectivity index (χ0v) is 11.9. The first-order valence-corrected chi connectivity index (χ1v) is 8.65. The maximum Gasteiger partial charge on any atom is 0.466 e. The summed E-state index contributed by atoms with van der Waals surface area (Å²) >= 11 is -3.65. The molecule has 0 radical (unpaired) electrons. The van der Waals surface area contributed by atoms with Crippen LogP contribution in [0.25, 0.3) is 0 Å². The fraction of sp³-hybridized carbons (Fsp3) is 0.111. The molecule has 1 aromatic rings. The van der Waals surface area contributed by atoms with E-state index in [4.69, 9.17) is 25.7 Å². The summed E-state index contributed by atoms with van der Waals surface area (Å²) in [6, 6.07) is 4.52. The van der Waals surface area contributed by atoms with Crippen LogP contribution in [0.3, 0.4) is 0 Å². The van der Waals surface area contributed by atoms with Crippen LogP contribution in [0.4, 0.5) is 0 Å². The monoisotopic (exact) mass is 388 g/mol. The van der Waals surface area contributed by atoms with Crippen molar-refractivity contribution in [2.24, 2.45) is 0 Å². The second kappa shape index (κ2) is 7.45. The lowest BCUT2D eigenvalue weighted by molar-refractivity contribution is 0.275. The molecule has 0 saturated heterocycles. The molecular weight excluding hydrogens is 378 g/mol. The standard InChI is InChI=1S/C9H7IO3.H3O4P/c1-2-4-7-5-3-6-8(11)9(7)10(12)13;1-5(2,3)4/h1,3,5-6,11H,4H2;(H3,1,2,3,4). The zero-order valence-electron chi connectivity index (χ0n) is 8.86. The van der Waals surface area contributed by atoms with E-state index in [1.165, 1.54) is 6.07 Å². The first-order chi connectivity index (χ1) is 8.16. The fourth-order valence-electron chi connectivity index (χ4n) is 0.991. The molecule has 0 unspecified atom stereocenters. The fourth-order valence-corrected chi connectivity index (χ4v) is 2.56. The Morgan fingerprint density at radius 1 is 1.28 bits per heavy atom. The van der Waals surface area contributed by atoms with E-state index in [2.05, 4.69) is 5.92 Å². The molecule has 0 amide bonds. The average molecular weight is 388 g/mol. The minimum atomic E-state index is -4.64. The molecule has 1 rings (SSSR count). The van der Waals surface area contributed by atoms with Gasteiger partial charge in [0, 0.05) is 6.42 Å². The van der Waals surface area contributed by atoms with Gasteiger partial charge in [0.25, 0.3) is 0 Å². The molecular formula is C9H10IO7P. The van der Waals surface area contributed by atoms with Crippen molar-refractivity contribution in [3.8, 4) is 18.1 Å². The van der Waals surface area contributed by atoms with Crippen LogP contribution in [0.1, 0.15) is 5.56 Å². The van der Waals surface area contributed by atoms with Crippen molar-refractivity contribution in [3.05, 3.63) is 27.3 Å². The van der Waals surface area contributed by atoms with Gasteiger partial charge >= 0.3 is 27.6 Å². The van der Waals surface area contributed by atoms with E-state index in [0.29, 0.717) is 5.56 Å². The Balaban J connectivity index is 0.000000494. The van der Waals surface area contributed by atoms with Gasteiger partial charge in [0.15, 0.2) is 0 Å². The van der Waals surface area contributed by atoms with Gasteiger partial charge in [-0.25, -0.2) is 10.7 Å². The highest BCUT2D eigenvalue weighted by Gasteiger charge is 2.11. The highest BCUT2D eigenvalue weighted by atomic mass is 127. The van der Waals surface area contributed by atoms with Crippen LogP contribution < -0.4 is 0 Å². The SMILES string of the molecule is C#CCc1cccc(O)c1I(=O)=O.O=P(O)(O)O. The summed E-state index contributed by atoms with van der Waals surface area (Å²) in [5, 5.41) is 9.26. The third-order valence-electron chi connectivity index (χ3n) is 1.51. The Hall–Kier alpha value is -0.980. The number of aromatic hydroxyl groups is 1. The van der Waals surface area contributed by atoms with Gasteiger partial charge in [0.2, 0.25) is 0 Å². The summed E-state index contributed by atoms with van der Waals surface area (Å²) in [4.78, 5) is 21.6. The first-order valence-electron chi connectivity index (χ1n) is 4.24. The lowest BCUT2D eigenvalue weighted by Gasteiger charge is -2.00. The first kappa shape index (κ1) is 17.0. The Labute approximate surface area is 110 Å². The van der Waals surface area contributed by atoms with Crippen LogP contribution in [0.15, 0.2) is 18.2 Å². The molecule has 4 N–H and O–H groups in total. The molecule has 1 aromatic carbocycles. The maximum atomic E-state index is 10.8. The number of rotatable bonds is 2. The molecule has 7 nitrogen and oxygen atoms in total. The number of halogens is 1. The molecule has 0 spiro atoms. The predicted molar refractivity (Wildman–Crippen MR) is 69.0 cm³/mol. The number of hydrogen-bond acceptors (Lipinski definition) is 4. The van der Waals surface area contributed by atoms with Gasteiger partial charge in [-0.2, -0.15) is 0 Å². The summed E-state index contributed by atoms with van der Waals surface area (Å²) in [7, 11) is -4.64. The molecule has 9 heteroatoms. The van der Waals surface area contributed by atoms with Crippen molar-refractivity contribution in [2.75, 3.05) is 0 Å². The molecule has 100 valence electrons. The highest BCUT2D eigenvalue weighted by molar-refractivity contribution is 14.2. The normalized spacial score (nSPS) is 10.4. The molecule has 0 bridgehead atoms. The number of terminal acetylenes is 1. The molecule has 18 heavy (non-hydrogen) atoms. The third-order valence-corrected chi connectivity index (χ3v) is 3.63. The minimum Gasteiger partial charge on any atom is -0.507 e. The third kappa shape index (κ3) is 7.37. The van der Waals surface area contributed by atoms with E-state index in [-0.39, 0.29) is 15.7 Å². The molecule has 0 saturated carbocycles. The molecule has 0 aliphatic carbocycles. The van der Waals surface area contributed by atoms with E-state index < -0.39 is 27.6 Å². The lowest BCUT2D eigenvalue weighted by atomic mass is 10.1. The van der Waals surface area contributed by atoms with Crippen molar-refractivity contribution >= 4 is 27.6 Å². The van der Waals surface area contributed by atoms with Gasteiger partial charge in [-0.3, -0.25) is 0 Å². The Morgan fingerprint density at radius 2 is 1.78 bits per heavy atom. The van der Waals surface area contributed by atoms with E-state index in [1.807, 2.05) is 0 Å². The molecule has 0 atom stereocenters. The average Bonchev–Trinajstić information content (AvgIpc) is 2.14. The van der Waals surface area contributed by atoms with Gasteiger partial charge in [-0.05, 0) is 11.6 Å². The predicted octanol–water partition coefficient (Wildman–Crippen LogP) is 1.01. The highest BCUT2D eigenvalue weighted by Crippen LogP contribution is 2.30. The summed E-state index contributed by atoms with van der Waals surface area (Å²) in [5.41, 5.74) is 0.498. The van der Waals surface area contributed by atoms with Gasteiger partial charge in [-0.15, -0.1) is 12.3 Å². The van der Waals surface area contributed by atoms with Crippen LogP contribution in [-0.2, 0) is 17.1 Å². The van der Waals surface area contributed by atoms with Crippen molar-refractivity contribution in [1.29, 1.82) is 0 Å². The summed E-state index contributed by atoms with van der Waals surface area (Å²) in [6.45, 7) is 0. The van der Waals surface area contributed by atoms with Crippen LogP contribution >= 0.6 is 27.6 Å². The quantitative estimate of drug-likeness (QED) is 0.338. The van der Waals surface area contributed by atoms with Crippen molar-refractivity contribution in [2.45, 2.75) is 6.42 Å². The van der Waals surface area contributed by atoms with Gasteiger partial charge in [-0.1, -0.05) is 12.1 Å². The van der Waals surface area contributed by atoms with Crippen LogP contribution in [0.2, 0.25) is 0 Å². The van der Waals surface area contributed by atoms with E-state index in [9.17, 15) is 11.2 Å². The van der Waals surface area contributed by atoms with Gasteiger partial charge < -0.3 is 19.8 Å². The smallest absolute Gasteiger partial charge is 0.466 e. The number of hydrogen-bond donors (Lipinski definition) is 4. The van der Waals surface area contributed by atoms with E-state index in [1.54, 1.807) is 12.1 Å². The van der Waals surface area contributed by atoms with Crippen LogP contribution in [-0.4, -0.2) is 19.8 Å². The Kier molecular flexibility index (Phi) is 7.05. The minimum absolute atomic E-state index is 0.0182. The number of benzene rings is 1. The largest absolute Gasteiger partial charge is 0.507 e. The van der Waals surface area contributed by atoms with E-state index >= 15 is 0 Å². The van der Waals surface area contributed by atoms with Gasteiger partial charge in [0.1, 0.15) is 9.32 Å². The molecule has 0 aliphatic rings. The Bertz CT molecular complexity index is 551. The topological polar surface area (TPSA) is 132 Å². The summed E-state index contributed by atoms with van der Waals surface area (Å²) in [6.07, 6.45) is 5.29. The second-order valence-corrected chi connectivity index (χ2v) is 6.21. The summed E-state index contributed by atoms with van der Waals surface area (Å²) < 4.78 is 30.5. The number of phenolic OH excluding ortho intramolecular Hbond substituents is 1. The molecule has 0 fully saturated rings. The van der Waals surface area contributed by atoms with Crippen LogP contribution in [0, 0.1) is 15.9 Å². The molecule has 0 aliphatic heterocycles. The maximum absolute atomic E-state index is 10.8. The Morgan fingerprint density at radius 3 is 2.17 bits per heavy atom. The number of phosphoric acid groups is 1. The number of phenols is 1. The summed E-state index contributed by atoms with van der Waals surface area (Å²) in [5.74, 6) is 2.14. The van der Waals surface area contributed by atoms with Crippen LogP contribution in [0.5, 0.6) is 5.75 Å². The second-order valence-electron chi connectivity index (χ2n) is 2.86. The van der Waals surface area contributed by atoms with Crippen molar-refractivity contribution in [1.82, 2.24) is 0 Å². The van der Waals surface area contributed by atoms with Crippen molar-refractivity contribution in [3.63, 3.8) is 0 Å². The molecule has 0 heterocycles. The van der Waals surface area contributed by atoms with Crippen molar-refractivity contribution < 1.29 is 30.5 Å². The zero-order chi connectivity index (χ0) is 14.3. The lowest BCUT2D eigenvalue weighted by Crippen LogP contribution is -1.87. The van der Waals surface area contributed by atoms with E-state index in [0.717, 1.165) is 0 Å².